The Bertz CT molecular complexity index is 485. The summed E-state index contributed by atoms with van der Waals surface area (Å²) in [6, 6.07) is 0. The number of nitrogens with zero attached hydrogens (tertiary/aromatic N) is 2. The van der Waals surface area contributed by atoms with E-state index in [1.165, 1.54) is 4.90 Å². The zero-order valence-electron chi connectivity index (χ0n) is 11.4. The third-order valence-corrected chi connectivity index (χ3v) is 3.03. The molecule has 0 aliphatic carbocycles. The number of ether oxygens (including phenoxy) is 1. The number of carboxylic acids is 1. The first-order valence-corrected chi connectivity index (χ1v) is 6.25. The maximum atomic E-state index is 12.0. The van der Waals surface area contributed by atoms with Crippen LogP contribution in [0.2, 0.25) is 0 Å². The summed E-state index contributed by atoms with van der Waals surface area (Å²) in [6.07, 6.45) is 0.255. The number of carboxylic acid groups (broad SMARTS) is 1. The van der Waals surface area contributed by atoms with Crippen molar-refractivity contribution in [2.75, 3.05) is 19.6 Å². The largest absolute Gasteiger partial charge is 0.477 e. The van der Waals surface area contributed by atoms with E-state index in [4.69, 9.17) is 9.84 Å². The molecule has 0 spiro atoms. The molecule has 104 valence electrons. The van der Waals surface area contributed by atoms with Gasteiger partial charge in [0.1, 0.15) is 11.3 Å². The van der Waals surface area contributed by atoms with Gasteiger partial charge in [0.05, 0.1) is 13.1 Å². The summed E-state index contributed by atoms with van der Waals surface area (Å²) < 4.78 is 5.30. The quantitative estimate of drug-likeness (QED) is 0.779. The van der Waals surface area contributed by atoms with Gasteiger partial charge in [-0.2, -0.15) is 0 Å². The van der Waals surface area contributed by atoms with Crippen molar-refractivity contribution in [2.24, 2.45) is 4.99 Å². The fraction of sp³-hybridized carbons (Fsp3) is 0.615. The molecular weight excluding hydrogens is 248 g/mol. The molecule has 0 aromatic rings. The predicted octanol–water partition coefficient (Wildman–Crippen LogP) is 1.46. The minimum atomic E-state index is -1.03. The fourth-order valence-electron chi connectivity index (χ4n) is 2.17. The summed E-state index contributed by atoms with van der Waals surface area (Å²) >= 11 is 0. The van der Waals surface area contributed by atoms with E-state index in [1.54, 1.807) is 20.8 Å². The summed E-state index contributed by atoms with van der Waals surface area (Å²) in [5.41, 5.74) is 1.23. The number of amides is 1. The molecule has 2 aliphatic rings. The number of hydrogen-bond acceptors (Lipinski definition) is 4. The van der Waals surface area contributed by atoms with Gasteiger partial charge in [-0.15, -0.1) is 0 Å². The van der Waals surface area contributed by atoms with Crippen LogP contribution in [0.4, 0.5) is 4.79 Å². The Labute approximate surface area is 111 Å². The van der Waals surface area contributed by atoms with Gasteiger partial charge in [0.25, 0.3) is 0 Å². The number of carbonyl (C=O) groups excluding carboxylic acids is 1. The SMILES string of the molecule is CC(C)(C)OC(=O)N1CCC2=C(C1)C(C(=O)O)=NC2. The molecule has 0 atom stereocenters. The minimum absolute atomic E-state index is 0.0864. The summed E-state index contributed by atoms with van der Waals surface area (Å²) in [4.78, 5) is 28.6. The van der Waals surface area contributed by atoms with Crippen LogP contribution in [-0.4, -0.2) is 53.0 Å². The normalized spacial score (nSPS) is 19.1. The Morgan fingerprint density at radius 3 is 2.63 bits per heavy atom. The van der Waals surface area contributed by atoms with Crippen LogP contribution in [0, 0.1) is 0 Å². The van der Waals surface area contributed by atoms with Crippen LogP contribution in [0.25, 0.3) is 0 Å². The van der Waals surface area contributed by atoms with E-state index in [-0.39, 0.29) is 12.3 Å². The highest BCUT2D eigenvalue weighted by atomic mass is 16.6. The van der Waals surface area contributed by atoms with Crippen molar-refractivity contribution in [3.05, 3.63) is 11.1 Å². The first-order valence-electron chi connectivity index (χ1n) is 6.25. The molecular formula is C13H18N2O4. The molecule has 0 aromatic carbocycles. The lowest BCUT2D eigenvalue weighted by Crippen LogP contribution is -2.42. The van der Waals surface area contributed by atoms with Crippen molar-refractivity contribution in [2.45, 2.75) is 32.8 Å². The molecule has 0 aromatic heterocycles. The highest BCUT2D eigenvalue weighted by Crippen LogP contribution is 2.25. The third kappa shape index (κ3) is 2.94. The number of carbonyl (C=O) groups is 2. The van der Waals surface area contributed by atoms with E-state index in [0.29, 0.717) is 25.1 Å². The predicted molar refractivity (Wildman–Crippen MR) is 69.4 cm³/mol. The van der Waals surface area contributed by atoms with Gasteiger partial charge in [0.2, 0.25) is 0 Å². The third-order valence-electron chi connectivity index (χ3n) is 3.03. The topological polar surface area (TPSA) is 79.2 Å². The van der Waals surface area contributed by atoms with Gasteiger partial charge in [0, 0.05) is 12.1 Å². The average molecular weight is 266 g/mol. The maximum Gasteiger partial charge on any atom is 0.410 e. The second-order valence-electron chi connectivity index (χ2n) is 5.70. The Morgan fingerprint density at radius 2 is 2.05 bits per heavy atom. The zero-order valence-corrected chi connectivity index (χ0v) is 11.4. The Balaban J connectivity index is 2.08. The second-order valence-corrected chi connectivity index (χ2v) is 5.70. The molecule has 0 radical (unpaired) electrons. The lowest BCUT2D eigenvalue weighted by Gasteiger charge is -2.30. The Morgan fingerprint density at radius 1 is 1.37 bits per heavy atom. The maximum absolute atomic E-state index is 12.0. The van der Waals surface area contributed by atoms with Gasteiger partial charge in [-0.05, 0) is 32.8 Å². The van der Waals surface area contributed by atoms with Crippen molar-refractivity contribution in [3.63, 3.8) is 0 Å². The van der Waals surface area contributed by atoms with Crippen LogP contribution in [0.3, 0.4) is 0 Å². The van der Waals surface area contributed by atoms with Crippen molar-refractivity contribution >= 4 is 17.8 Å². The molecule has 6 heteroatoms. The van der Waals surface area contributed by atoms with Crippen molar-refractivity contribution in [1.29, 1.82) is 0 Å². The Hall–Kier alpha value is -1.85. The summed E-state index contributed by atoms with van der Waals surface area (Å²) in [5.74, 6) is -1.03. The van der Waals surface area contributed by atoms with Gasteiger partial charge in [-0.25, -0.2) is 9.59 Å². The molecule has 19 heavy (non-hydrogen) atoms. The lowest BCUT2D eigenvalue weighted by atomic mass is 9.99. The van der Waals surface area contributed by atoms with Crippen LogP contribution >= 0.6 is 0 Å². The molecule has 6 nitrogen and oxygen atoms in total. The minimum Gasteiger partial charge on any atom is -0.477 e. The summed E-state index contributed by atoms with van der Waals surface area (Å²) in [5, 5.41) is 9.06. The molecule has 0 bridgehead atoms. The van der Waals surface area contributed by atoms with E-state index in [1.807, 2.05) is 0 Å². The standard InChI is InChI=1S/C13H18N2O4/c1-13(2,3)19-12(18)15-5-4-8-6-14-10(11(16)17)9(8)7-15/h4-7H2,1-3H3,(H,16,17). The first kappa shape index (κ1) is 13.6. The van der Waals surface area contributed by atoms with Crippen molar-refractivity contribution in [1.82, 2.24) is 4.90 Å². The summed E-state index contributed by atoms with van der Waals surface area (Å²) in [7, 11) is 0. The van der Waals surface area contributed by atoms with E-state index < -0.39 is 17.7 Å². The van der Waals surface area contributed by atoms with Crippen molar-refractivity contribution < 1.29 is 19.4 Å². The van der Waals surface area contributed by atoms with Gasteiger partial charge in [-0.3, -0.25) is 4.99 Å². The van der Waals surface area contributed by atoms with E-state index in [2.05, 4.69) is 4.99 Å². The zero-order chi connectivity index (χ0) is 14.2. The van der Waals surface area contributed by atoms with E-state index in [0.717, 1.165) is 5.57 Å². The van der Waals surface area contributed by atoms with Crippen LogP contribution in [0.1, 0.15) is 27.2 Å². The van der Waals surface area contributed by atoms with Gasteiger partial charge >= 0.3 is 12.1 Å². The molecule has 1 amide bonds. The molecule has 1 N–H and O–H groups in total. The number of hydrogen-bond donors (Lipinski definition) is 1. The van der Waals surface area contributed by atoms with Crippen LogP contribution in [-0.2, 0) is 9.53 Å². The monoisotopic (exact) mass is 266 g/mol. The van der Waals surface area contributed by atoms with Crippen LogP contribution in [0.15, 0.2) is 16.1 Å². The Kier molecular flexibility index (Phi) is 3.34. The highest BCUT2D eigenvalue weighted by Gasteiger charge is 2.33. The van der Waals surface area contributed by atoms with Crippen LogP contribution in [0.5, 0.6) is 0 Å². The number of aliphatic imine (C=N–C) groups is 1. The fourth-order valence-corrected chi connectivity index (χ4v) is 2.17. The molecule has 0 unspecified atom stereocenters. The lowest BCUT2D eigenvalue weighted by molar-refractivity contribution is -0.129. The first-order chi connectivity index (χ1) is 8.78. The van der Waals surface area contributed by atoms with E-state index in [9.17, 15) is 9.59 Å². The van der Waals surface area contributed by atoms with Gasteiger partial charge in [0.15, 0.2) is 0 Å². The molecule has 0 saturated heterocycles. The smallest absolute Gasteiger partial charge is 0.410 e. The van der Waals surface area contributed by atoms with Gasteiger partial charge < -0.3 is 14.7 Å². The average Bonchev–Trinajstić information content (AvgIpc) is 2.68. The molecule has 2 aliphatic heterocycles. The van der Waals surface area contributed by atoms with Gasteiger partial charge in [-0.1, -0.05) is 0 Å². The van der Waals surface area contributed by atoms with Crippen molar-refractivity contribution in [3.8, 4) is 0 Å². The molecule has 2 heterocycles. The van der Waals surface area contributed by atoms with E-state index >= 15 is 0 Å². The van der Waals surface area contributed by atoms with Crippen LogP contribution < -0.4 is 0 Å². The molecule has 0 fully saturated rings. The summed E-state index contributed by atoms with van der Waals surface area (Å²) in [6.45, 7) is 6.68. The number of rotatable bonds is 1. The highest BCUT2D eigenvalue weighted by molar-refractivity contribution is 6.43. The molecule has 2 rings (SSSR count). The number of aliphatic carboxylic acids is 1. The molecule has 0 saturated carbocycles. The second kappa shape index (κ2) is 4.68.